The first kappa shape index (κ1) is 15.0. The van der Waals surface area contributed by atoms with Crippen molar-refractivity contribution >= 4 is 5.91 Å². The maximum Gasteiger partial charge on any atom is 0.223 e. The van der Waals surface area contributed by atoms with Crippen molar-refractivity contribution in [1.82, 2.24) is 14.7 Å². The Hall–Kier alpha value is -1.36. The van der Waals surface area contributed by atoms with Crippen LogP contribution in [0.2, 0.25) is 0 Å². The summed E-state index contributed by atoms with van der Waals surface area (Å²) in [6.45, 7) is 4.65. The first-order chi connectivity index (χ1) is 9.49. The van der Waals surface area contributed by atoms with Gasteiger partial charge in [-0.05, 0) is 45.1 Å². The van der Waals surface area contributed by atoms with Gasteiger partial charge in [-0.25, -0.2) is 0 Å². The lowest BCUT2D eigenvalue weighted by molar-refractivity contribution is -0.132. The maximum absolute atomic E-state index is 12.3. The molecule has 0 saturated carbocycles. The molecule has 1 amide bonds. The summed E-state index contributed by atoms with van der Waals surface area (Å²) in [5.41, 5.74) is 2.27. The molecule has 0 bridgehead atoms. The number of aryl methyl sites for hydroxylation is 2. The van der Waals surface area contributed by atoms with Crippen molar-refractivity contribution < 1.29 is 9.90 Å². The van der Waals surface area contributed by atoms with Crippen molar-refractivity contribution in [2.45, 2.75) is 58.1 Å². The lowest BCUT2D eigenvalue weighted by Gasteiger charge is -2.25. The van der Waals surface area contributed by atoms with Crippen molar-refractivity contribution in [1.29, 1.82) is 0 Å². The molecule has 0 aliphatic carbocycles. The van der Waals surface area contributed by atoms with E-state index < -0.39 is 0 Å². The van der Waals surface area contributed by atoms with E-state index in [0.717, 1.165) is 37.1 Å². The van der Waals surface area contributed by atoms with Crippen LogP contribution in [-0.2, 0) is 18.3 Å². The molecule has 0 radical (unpaired) electrons. The molecule has 1 fully saturated rings. The van der Waals surface area contributed by atoms with Crippen molar-refractivity contribution in [3.8, 4) is 0 Å². The summed E-state index contributed by atoms with van der Waals surface area (Å²) in [5.74, 6) is 0.205. The predicted octanol–water partition coefficient (Wildman–Crippen LogP) is 1.42. The van der Waals surface area contributed by atoms with Crippen LogP contribution in [-0.4, -0.2) is 44.4 Å². The Kier molecular flexibility index (Phi) is 4.81. The summed E-state index contributed by atoms with van der Waals surface area (Å²) in [6, 6.07) is 0.220. The number of aliphatic hydroxyl groups is 1. The average Bonchev–Trinajstić information content (AvgIpc) is 2.96. The van der Waals surface area contributed by atoms with E-state index in [-0.39, 0.29) is 18.1 Å². The molecule has 2 heterocycles. The van der Waals surface area contributed by atoms with Gasteiger partial charge in [-0.2, -0.15) is 5.10 Å². The molecule has 0 aromatic carbocycles. The zero-order valence-corrected chi connectivity index (χ0v) is 12.7. The monoisotopic (exact) mass is 279 g/mol. The fourth-order valence-electron chi connectivity index (χ4n) is 2.98. The number of rotatable bonds is 5. The van der Waals surface area contributed by atoms with Crippen LogP contribution >= 0.6 is 0 Å². The number of likely N-dealkylation sites (tertiary alicyclic amines) is 1. The Labute approximate surface area is 120 Å². The standard InChI is InChI=1S/C15H25N3O2/c1-11(19)9-14-5-4-8-18(14)15(20)7-6-13-10-16-17(3)12(13)2/h10-11,14,19H,4-9H2,1-3H3. The molecule has 1 aliphatic heterocycles. The summed E-state index contributed by atoms with van der Waals surface area (Å²) in [6.07, 6.45) is 5.54. The van der Waals surface area contributed by atoms with Gasteiger partial charge in [0.1, 0.15) is 0 Å². The Balaban J connectivity index is 1.89. The minimum absolute atomic E-state index is 0.205. The lowest BCUT2D eigenvalue weighted by Crippen LogP contribution is -2.37. The third-order valence-electron chi connectivity index (χ3n) is 4.26. The smallest absolute Gasteiger partial charge is 0.223 e. The van der Waals surface area contributed by atoms with Crippen LogP contribution in [0.15, 0.2) is 6.20 Å². The van der Waals surface area contributed by atoms with Crippen LogP contribution in [0.1, 0.15) is 43.9 Å². The Morgan fingerprint density at radius 2 is 2.35 bits per heavy atom. The van der Waals surface area contributed by atoms with Gasteiger partial charge < -0.3 is 10.0 Å². The zero-order valence-electron chi connectivity index (χ0n) is 12.7. The molecule has 1 N–H and O–H groups in total. The molecule has 5 heteroatoms. The van der Waals surface area contributed by atoms with Crippen LogP contribution < -0.4 is 0 Å². The highest BCUT2D eigenvalue weighted by molar-refractivity contribution is 5.77. The van der Waals surface area contributed by atoms with E-state index >= 15 is 0 Å². The summed E-state index contributed by atoms with van der Waals surface area (Å²) < 4.78 is 1.84. The fourth-order valence-corrected chi connectivity index (χ4v) is 2.98. The molecule has 0 spiro atoms. The fraction of sp³-hybridized carbons (Fsp3) is 0.733. The number of aromatic nitrogens is 2. The molecular weight excluding hydrogens is 254 g/mol. The van der Waals surface area contributed by atoms with Crippen LogP contribution in [0.25, 0.3) is 0 Å². The van der Waals surface area contributed by atoms with E-state index in [2.05, 4.69) is 5.10 Å². The van der Waals surface area contributed by atoms with E-state index in [1.807, 2.05) is 29.7 Å². The molecular formula is C15H25N3O2. The van der Waals surface area contributed by atoms with Gasteiger partial charge in [0, 0.05) is 31.7 Å². The minimum atomic E-state index is -0.339. The zero-order chi connectivity index (χ0) is 14.7. The van der Waals surface area contributed by atoms with E-state index in [0.29, 0.717) is 12.8 Å². The van der Waals surface area contributed by atoms with Crippen molar-refractivity contribution in [2.75, 3.05) is 6.54 Å². The second-order valence-electron chi connectivity index (χ2n) is 5.85. The quantitative estimate of drug-likeness (QED) is 0.887. The van der Waals surface area contributed by atoms with Gasteiger partial charge in [-0.1, -0.05) is 0 Å². The molecule has 2 atom stereocenters. The third-order valence-corrected chi connectivity index (χ3v) is 4.26. The van der Waals surface area contributed by atoms with Gasteiger partial charge in [0.15, 0.2) is 0 Å². The van der Waals surface area contributed by atoms with E-state index in [4.69, 9.17) is 0 Å². The number of aliphatic hydroxyl groups excluding tert-OH is 1. The van der Waals surface area contributed by atoms with Gasteiger partial charge in [0.25, 0.3) is 0 Å². The Morgan fingerprint density at radius 3 is 2.95 bits per heavy atom. The third kappa shape index (κ3) is 3.39. The highest BCUT2D eigenvalue weighted by atomic mass is 16.3. The topological polar surface area (TPSA) is 58.4 Å². The van der Waals surface area contributed by atoms with Crippen molar-refractivity contribution in [3.63, 3.8) is 0 Å². The number of hydrogen-bond donors (Lipinski definition) is 1. The van der Waals surface area contributed by atoms with Crippen LogP contribution in [0.4, 0.5) is 0 Å². The summed E-state index contributed by atoms with van der Waals surface area (Å²) in [4.78, 5) is 14.3. The molecule has 5 nitrogen and oxygen atoms in total. The molecule has 1 aliphatic rings. The van der Waals surface area contributed by atoms with Crippen molar-refractivity contribution in [3.05, 3.63) is 17.5 Å². The average molecular weight is 279 g/mol. The number of carbonyl (C=O) groups excluding carboxylic acids is 1. The predicted molar refractivity (Wildman–Crippen MR) is 77.3 cm³/mol. The lowest BCUT2D eigenvalue weighted by atomic mass is 10.1. The summed E-state index contributed by atoms with van der Waals surface area (Å²) >= 11 is 0. The van der Waals surface area contributed by atoms with Crippen LogP contribution in [0.3, 0.4) is 0 Å². The van der Waals surface area contributed by atoms with Gasteiger partial charge in [-0.3, -0.25) is 9.48 Å². The summed E-state index contributed by atoms with van der Waals surface area (Å²) in [7, 11) is 1.92. The Morgan fingerprint density at radius 1 is 1.60 bits per heavy atom. The molecule has 2 rings (SSSR count). The first-order valence-corrected chi connectivity index (χ1v) is 7.44. The van der Waals surface area contributed by atoms with Gasteiger partial charge in [-0.15, -0.1) is 0 Å². The van der Waals surface area contributed by atoms with Crippen LogP contribution in [0, 0.1) is 6.92 Å². The molecule has 1 aromatic rings. The normalized spacial score (nSPS) is 20.4. The highest BCUT2D eigenvalue weighted by Gasteiger charge is 2.29. The van der Waals surface area contributed by atoms with E-state index in [1.165, 1.54) is 0 Å². The number of carbonyl (C=O) groups is 1. The largest absolute Gasteiger partial charge is 0.393 e. The maximum atomic E-state index is 12.3. The molecule has 112 valence electrons. The second kappa shape index (κ2) is 6.39. The number of amides is 1. The molecule has 2 unspecified atom stereocenters. The first-order valence-electron chi connectivity index (χ1n) is 7.44. The Bertz CT molecular complexity index is 468. The second-order valence-corrected chi connectivity index (χ2v) is 5.85. The van der Waals surface area contributed by atoms with Crippen LogP contribution in [0.5, 0.6) is 0 Å². The SMILES string of the molecule is Cc1c(CCC(=O)N2CCCC2CC(C)O)cnn1C. The number of nitrogens with zero attached hydrogens (tertiary/aromatic N) is 3. The van der Waals surface area contributed by atoms with Gasteiger partial charge in [0.05, 0.1) is 12.3 Å². The van der Waals surface area contributed by atoms with Crippen molar-refractivity contribution in [2.24, 2.45) is 7.05 Å². The molecule has 1 aromatic heterocycles. The molecule has 20 heavy (non-hydrogen) atoms. The van der Waals surface area contributed by atoms with E-state index in [9.17, 15) is 9.90 Å². The number of hydrogen-bond acceptors (Lipinski definition) is 3. The summed E-state index contributed by atoms with van der Waals surface area (Å²) in [5, 5.41) is 13.7. The highest BCUT2D eigenvalue weighted by Crippen LogP contribution is 2.23. The van der Waals surface area contributed by atoms with E-state index in [1.54, 1.807) is 6.92 Å². The van der Waals surface area contributed by atoms with Gasteiger partial charge >= 0.3 is 0 Å². The molecule has 1 saturated heterocycles. The van der Waals surface area contributed by atoms with Gasteiger partial charge in [0.2, 0.25) is 5.91 Å². The minimum Gasteiger partial charge on any atom is -0.393 e.